The molecular weight excluding hydrogens is 282 g/mol. The van der Waals surface area contributed by atoms with Crippen molar-refractivity contribution >= 4 is 21.8 Å². The number of rotatable bonds is 3. The van der Waals surface area contributed by atoms with Gasteiger partial charge in [0.05, 0.1) is 6.61 Å². The fourth-order valence-corrected chi connectivity index (χ4v) is 2.43. The highest BCUT2D eigenvalue weighted by Crippen LogP contribution is 2.26. The quantitative estimate of drug-likeness (QED) is 0.802. The molecule has 0 saturated heterocycles. The third-order valence-electron chi connectivity index (χ3n) is 2.81. The van der Waals surface area contributed by atoms with Crippen LogP contribution in [0.4, 0.5) is 0 Å². The summed E-state index contributed by atoms with van der Waals surface area (Å²) in [6.07, 6.45) is 0.898. The van der Waals surface area contributed by atoms with Gasteiger partial charge in [-0.2, -0.15) is 0 Å². The van der Waals surface area contributed by atoms with E-state index in [1.54, 1.807) is 4.90 Å². The van der Waals surface area contributed by atoms with E-state index in [0.29, 0.717) is 11.4 Å². The summed E-state index contributed by atoms with van der Waals surface area (Å²) in [6, 6.07) is 5.67. The molecule has 1 amide bonds. The van der Waals surface area contributed by atoms with Crippen molar-refractivity contribution in [3.8, 4) is 5.75 Å². The summed E-state index contributed by atoms with van der Waals surface area (Å²) in [5.74, 6) is 0.976. The second-order valence-electron chi connectivity index (χ2n) is 4.39. The number of nitrogens with zero attached hydrogens (tertiary/aromatic N) is 1. The number of halogens is 1. The second-order valence-corrected chi connectivity index (χ2v) is 5.95. The minimum atomic E-state index is 0.0611. The maximum Gasteiger partial charge on any atom is 0.253 e. The number of fused-ring (bicyclic) bond motifs is 1. The van der Waals surface area contributed by atoms with E-state index in [4.69, 9.17) is 4.74 Å². The van der Waals surface area contributed by atoms with Crippen molar-refractivity contribution in [1.82, 2.24) is 4.90 Å². The zero-order chi connectivity index (χ0) is 12.4. The Kier molecular flexibility index (Phi) is 3.72. The molecule has 0 aliphatic carbocycles. The van der Waals surface area contributed by atoms with Gasteiger partial charge in [0.25, 0.3) is 5.91 Å². The minimum Gasteiger partial charge on any atom is -0.493 e. The maximum atomic E-state index is 12.1. The van der Waals surface area contributed by atoms with Gasteiger partial charge >= 0.3 is 0 Å². The van der Waals surface area contributed by atoms with Crippen LogP contribution in [0.5, 0.6) is 5.75 Å². The molecule has 4 heteroatoms. The zero-order valence-corrected chi connectivity index (χ0v) is 11.7. The molecular formula is C13H16BrNO2. The summed E-state index contributed by atoms with van der Waals surface area (Å²) in [7, 11) is 1.82. The lowest BCUT2D eigenvalue weighted by Crippen LogP contribution is -2.31. The number of carbonyl (C=O) groups is 1. The van der Waals surface area contributed by atoms with Crippen molar-refractivity contribution in [3.05, 3.63) is 29.3 Å². The summed E-state index contributed by atoms with van der Waals surface area (Å²) in [5.41, 5.74) is 1.88. The molecule has 0 bridgehead atoms. The van der Waals surface area contributed by atoms with Crippen molar-refractivity contribution in [2.45, 2.75) is 18.2 Å². The van der Waals surface area contributed by atoms with Crippen LogP contribution < -0.4 is 4.74 Å². The van der Waals surface area contributed by atoms with E-state index in [1.807, 2.05) is 32.2 Å². The van der Waals surface area contributed by atoms with E-state index in [2.05, 4.69) is 15.9 Å². The first-order valence-electron chi connectivity index (χ1n) is 5.73. The first-order chi connectivity index (χ1) is 8.08. The molecule has 0 aromatic heterocycles. The molecule has 3 nitrogen and oxygen atoms in total. The number of amides is 1. The second kappa shape index (κ2) is 5.08. The average Bonchev–Trinajstić information content (AvgIpc) is 2.73. The van der Waals surface area contributed by atoms with Crippen LogP contribution in [-0.4, -0.2) is 35.8 Å². The lowest BCUT2D eigenvalue weighted by molar-refractivity contribution is 0.0797. The molecule has 1 aliphatic rings. The van der Waals surface area contributed by atoms with Gasteiger partial charge in [0.2, 0.25) is 0 Å². The van der Waals surface area contributed by atoms with E-state index >= 15 is 0 Å². The van der Waals surface area contributed by atoms with Crippen LogP contribution in [0, 0.1) is 0 Å². The topological polar surface area (TPSA) is 29.5 Å². The van der Waals surface area contributed by atoms with Gasteiger partial charge in [0.1, 0.15) is 5.75 Å². The molecule has 0 fully saturated rings. The van der Waals surface area contributed by atoms with Crippen LogP contribution in [0.25, 0.3) is 0 Å². The Morgan fingerprint density at radius 3 is 3.06 bits per heavy atom. The fourth-order valence-electron chi connectivity index (χ4n) is 2.00. The van der Waals surface area contributed by atoms with Crippen LogP contribution in [-0.2, 0) is 6.42 Å². The molecule has 0 N–H and O–H groups in total. The van der Waals surface area contributed by atoms with Crippen LogP contribution in [0.15, 0.2) is 18.2 Å². The van der Waals surface area contributed by atoms with E-state index in [-0.39, 0.29) is 5.91 Å². The van der Waals surface area contributed by atoms with Crippen LogP contribution in [0.2, 0.25) is 0 Å². The average molecular weight is 298 g/mol. The SMILES string of the molecule is CC(Br)CN(C)C(=O)c1ccc2c(c1)CCO2. The van der Waals surface area contributed by atoms with Gasteiger partial charge in [-0.3, -0.25) is 4.79 Å². The van der Waals surface area contributed by atoms with Gasteiger partial charge in [-0.25, -0.2) is 0 Å². The molecule has 1 aromatic carbocycles. The monoisotopic (exact) mass is 297 g/mol. The van der Waals surface area contributed by atoms with Crippen molar-refractivity contribution in [2.75, 3.05) is 20.2 Å². The highest BCUT2D eigenvalue weighted by molar-refractivity contribution is 9.09. The highest BCUT2D eigenvalue weighted by Gasteiger charge is 2.17. The minimum absolute atomic E-state index is 0.0611. The van der Waals surface area contributed by atoms with Crippen molar-refractivity contribution in [1.29, 1.82) is 0 Å². The van der Waals surface area contributed by atoms with Crippen LogP contribution in [0.1, 0.15) is 22.8 Å². The molecule has 0 spiro atoms. The van der Waals surface area contributed by atoms with Gasteiger partial charge in [0, 0.05) is 30.4 Å². The molecule has 17 heavy (non-hydrogen) atoms. The van der Waals surface area contributed by atoms with E-state index in [0.717, 1.165) is 29.9 Å². The van der Waals surface area contributed by atoms with E-state index in [1.165, 1.54) is 0 Å². The Morgan fingerprint density at radius 2 is 2.35 bits per heavy atom. The number of benzene rings is 1. The Balaban J connectivity index is 2.14. The maximum absolute atomic E-state index is 12.1. The molecule has 0 saturated carbocycles. The molecule has 92 valence electrons. The number of carbonyl (C=O) groups excluding carboxylic acids is 1. The van der Waals surface area contributed by atoms with E-state index < -0.39 is 0 Å². The first kappa shape index (κ1) is 12.4. The number of hydrogen-bond donors (Lipinski definition) is 0. The fraction of sp³-hybridized carbons (Fsp3) is 0.462. The lowest BCUT2D eigenvalue weighted by Gasteiger charge is -2.18. The van der Waals surface area contributed by atoms with E-state index in [9.17, 15) is 4.79 Å². The predicted molar refractivity (Wildman–Crippen MR) is 71.0 cm³/mol. The Labute approximate surface area is 110 Å². The van der Waals surface area contributed by atoms with Gasteiger partial charge < -0.3 is 9.64 Å². The molecule has 1 aliphatic heterocycles. The van der Waals surface area contributed by atoms with Crippen molar-refractivity contribution in [3.63, 3.8) is 0 Å². The Morgan fingerprint density at radius 1 is 1.59 bits per heavy atom. The van der Waals surface area contributed by atoms with Crippen molar-refractivity contribution in [2.24, 2.45) is 0 Å². The highest BCUT2D eigenvalue weighted by atomic mass is 79.9. The van der Waals surface area contributed by atoms with Gasteiger partial charge in [-0.05, 0) is 23.8 Å². The molecule has 1 heterocycles. The summed E-state index contributed by atoms with van der Waals surface area (Å²) in [4.78, 5) is 14.2. The van der Waals surface area contributed by atoms with Crippen molar-refractivity contribution < 1.29 is 9.53 Å². The zero-order valence-electron chi connectivity index (χ0n) is 10.1. The smallest absolute Gasteiger partial charge is 0.253 e. The van der Waals surface area contributed by atoms with Crippen LogP contribution in [0.3, 0.4) is 0 Å². The standard InChI is InChI=1S/C13H16BrNO2/c1-9(14)8-15(2)13(16)11-3-4-12-10(7-11)5-6-17-12/h3-4,7,9H,5-6,8H2,1-2H3. The Hall–Kier alpha value is -1.03. The number of hydrogen-bond acceptors (Lipinski definition) is 2. The van der Waals surface area contributed by atoms with Gasteiger partial charge in [0.15, 0.2) is 0 Å². The molecule has 2 rings (SSSR count). The normalized spacial score (nSPS) is 15.0. The summed E-state index contributed by atoms with van der Waals surface area (Å²) in [6.45, 7) is 3.45. The molecule has 1 aromatic rings. The first-order valence-corrected chi connectivity index (χ1v) is 6.65. The number of ether oxygens (including phenoxy) is 1. The summed E-state index contributed by atoms with van der Waals surface area (Å²) >= 11 is 3.45. The van der Waals surface area contributed by atoms with Gasteiger partial charge in [-0.1, -0.05) is 22.9 Å². The largest absolute Gasteiger partial charge is 0.493 e. The lowest BCUT2D eigenvalue weighted by atomic mass is 10.1. The van der Waals surface area contributed by atoms with Crippen LogP contribution >= 0.6 is 15.9 Å². The third kappa shape index (κ3) is 2.80. The number of alkyl halides is 1. The summed E-state index contributed by atoms with van der Waals surface area (Å²) in [5, 5.41) is 0. The molecule has 1 atom stereocenters. The molecule has 1 unspecified atom stereocenters. The predicted octanol–water partition coefficient (Wildman–Crippen LogP) is 2.48. The van der Waals surface area contributed by atoms with Gasteiger partial charge in [-0.15, -0.1) is 0 Å². The summed E-state index contributed by atoms with van der Waals surface area (Å²) < 4.78 is 5.43. The molecule has 0 radical (unpaired) electrons. The Bertz CT molecular complexity index is 431. The third-order valence-corrected chi connectivity index (χ3v) is 3.10.